The molecule has 26 heavy (non-hydrogen) atoms. The van der Waals surface area contributed by atoms with E-state index in [0.29, 0.717) is 10.8 Å². The summed E-state index contributed by atoms with van der Waals surface area (Å²) in [6, 6.07) is 0.721. The van der Waals surface area contributed by atoms with Crippen LogP contribution in [0.25, 0.3) is 0 Å². The van der Waals surface area contributed by atoms with E-state index < -0.39 is 0 Å². The molecule has 4 atom stereocenters. The van der Waals surface area contributed by atoms with Crippen LogP contribution in [-0.4, -0.2) is 25.7 Å². The molecule has 0 aromatic carbocycles. The van der Waals surface area contributed by atoms with Gasteiger partial charge in [-0.2, -0.15) is 0 Å². The highest BCUT2D eigenvalue weighted by molar-refractivity contribution is 5.05. The molecule has 1 unspecified atom stereocenters. The molecule has 2 nitrogen and oxygen atoms in total. The lowest BCUT2D eigenvalue weighted by molar-refractivity contribution is -0.103. The second-order valence-electron chi connectivity index (χ2n) is 11.9. The van der Waals surface area contributed by atoms with E-state index in [9.17, 15) is 0 Å². The summed E-state index contributed by atoms with van der Waals surface area (Å²) in [5.74, 6) is 6.19. The fourth-order valence-corrected chi connectivity index (χ4v) is 8.80. The minimum atomic E-state index is 0.635. The van der Waals surface area contributed by atoms with Crippen molar-refractivity contribution < 1.29 is 0 Å². The van der Waals surface area contributed by atoms with Gasteiger partial charge in [0.15, 0.2) is 0 Å². The van der Waals surface area contributed by atoms with Crippen molar-refractivity contribution in [2.75, 3.05) is 19.6 Å². The molecule has 6 bridgehead atoms. The third kappa shape index (κ3) is 2.89. The molecule has 0 aromatic heterocycles. The first kappa shape index (κ1) is 18.0. The average Bonchev–Trinajstić information content (AvgIpc) is 2.60. The topological polar surface area (TPSA) is 24.1 Å². The Morgan fingerprint density at radius 1 is 0.885 bits per heavy atom. The van der Waals surface area contributed by atoms with Crippen LogP contribution >= 0.6 is 0 Å². The minimum Gasteiger partial charge on any atom is -0.315 e. The van der Waals surface area contributed by atoms with Crippen LogP contribution < -0.4 is 10.6 Å². The third-order valence-corrected chi connectivity index (χ3v) is 10.2. The number of nitrogens with one attached hydrogen (secondary N) is 2. The average molecular weight is 359 g/mol. The quantitative estimate of drug-likeness (QED) is 0.636. The van der Waals surface area contributed by atoms with Crippen LogP contribution in [0.3, 0.4) is 0 Å². The van der Waals surface area contributed by atoms with Crippen LogP contribution in [0.15, 0.2) is 0 Å². The number of fused-ring (bicyclic) bond motifs is 2. The van der Waals surface area contributed by atoms with Gasteiger partial charge in [0.1, 0.15) is 0 Å². The molecule has 148 valence electrons. The molecule has 7 rings (SSSR count). The first-order valence-electron chi connectivity index (χ1n) is 11.9. The van der Waals surface area contributed by atoms with Gasteiger partial charge in [-0.25, -0.2) is 0 Å². The molecule has 7 fully saturated rings. The fourth-order valence-electron chi connectivity index (χ4n) is 8.80. The molecule has 2 heteroatoms. The Bertz CT molecular complexity index is 487. The zero-order chi connectivity index (χ0) is 17.9. The molecule has 0 amide bonds. The van der Waals surface area contributed by atoms with E-state index in [1.807, 2.05) is 0 Å². The zero-order valence-corrected chi connectivity index (χ0v) is 17.5. The Hall–Kier alpha value is -0.0800. The predicted molar refractivity (Wildman–Crippen MR) is 109 cm³/mol. The first-order chi connectivity index (χ1) is 12.5. The van der Waals surface area contributed by atoms with Crippen LogP contribution in [0.5, 0.6) is 0 Å². The summed E-state index contributed by atoms with van der Waals surface area (Å²) in [5, 5.41) is 7.77. The van der Waals surface area contributed by atoms with Crippen molar-refractivity contribution in [1.82, 2.24) is 10.6 Å². The van der Waals surface area contributed by atoms with Crippen molar-refractivity contribution in [2.45, 2.75) is 84.6 Å². The van der Waals surface area contributed by atoms with Crippen molar-refractivity contribution in [1.29, 1.82) is 0 Å². The van der Waals surface area contributed by atoms with Gasteiger partial charge in [-0.3, -0.25) is 0 Å². The largest absolute Gasteiger partial charge is 0.315 e. The molecule has 7 aliphatic carbocycles. The lowest BCUT2D eigenvalue weighted by Crippen LogP contribution is -2.56. The molecule has 0 saturated heterocycles. The molecule has 7 aliphatic rings. The smallest absolute Gasteiger partial charge is 0.00960 e. The lowest BCUT2D eigenvalue weighted by Gasteiger charge is -2.60. The minimum absolute atomic E-state index is 0.635. The second kappa shape index (κ2) is 6.48. The number of hydrogen-bond donors (Lipinski definition) is 2. The SMILES string of the molecule is CC(NCCNC[C@@H]1CC[C@H]2C[C@@H]1C2(C)C)C12CC3CC(CC(C3)C1)C2. The van der Waals surface area contributed by atoms with Gasteiger partial charge >= 0.3 is 0 Å². The van der Waals surface area contributed by atoms with Gasteiger partial charge in [0.05, 0.1) is 0 Å². The summed E-state index contributed by atoms with van der Waals surface area (Å²) in [6.45, 7) is 11.1. The summed E-state index contributed by atoms with van der Waals surface area (Å²) in [5.41, 5.74) is 1.29. The van der Waals surface area contributed by atoms with E-state index in [0.717, 1.165) is 54.6 Å². The highest BCUT2D eigenvalue weighted by atomic mass is 15.0. The lowest BCUT2D eigenvalue weighted by atomic mass is 9.45. The molecule has 0 spiro atoms. The van der Waals surface area contributed by atoms with E-state index in [1.165, 1.54) is 45.1 Å². The van der Waals surface area contributed by atoms with Crippen LogP contribution in [0.4, 0.5) is 0 Å². The first-order valence-corrected chi connectivity index (χ1v) is 11.9. The van der Waals surface area contributed by atoms with Gasteiger partial charge in [-0.1, -0.05) is 13.8 Å². The van der Waals surface area contributed by atoms with Crippen LogP contribution in [0, 0.1) is 46.3 Å². The van der Waals surface area contributed by atoms with Crippen molar-refractivity contribution in [2.24, 2.45) is 46.3 Å². The summed E-state index contributed by atoms with van der Waals surface area (Å²) < 4.78 is 0. The van der Waals surface area contributed by atoms with Crippen LogP contribution in [0.1, 0.15) is 78.6 Å². The van der Waals surface area contributed by atoms with Crippen molar-refractivity contribution in [3.8, 4) is 0 Å². The van der Waals surface area contributed by atoms with Gasteiger partial charge in [0.25, 0.3) is 0 Å². The molecule has 7 saturated carbocycles. The van der Waals surface area contributed by atoms with Crippen molar-refractivity contribution >= 4 is 0 Å². The van der Waals surface area contributed by atoms with Gasteiger partial charge < -0.3 is 10.6 Å². The van der Waals surface area contributed by atoms with Crippen LogP contribution in [0.2, 0.25) is 0 Å². The molecule has 0 radical (unpaired) electrons. The van der Waals surface area contributed by atoms with Gasteiger partial charge in [0, 0.05) is 19.1 Å². The molecular formula is C24H42N2. The Kier molecular flexibility index (Phi) is 4.48. The standard InChI is InChI=1S/C24H42N2/c1-16(24-12-17-8-18(13-24)10-19(9-17)14-24)26-7-6-25-15-20-4-5-21-11-22(20)23(21,2)3/h16-22,25-26H,4-15H2,1-3H3/t16?,17?,18?,19?,20-,21-,22-,24?/m0/s1. The Morgan fingerprint density at radius 2 is 1.54 bits per heavy atom. The van der Waals surface area contributed by atoms with E-state index in [4.69, 9.17) is 0 Å². The second-order valence-corrected chi connectivity index (χ2v) is 11.9. The molecule has 0 aliphatic heterocycles. The molecule has 2 N–H and O–H groups in total. The zero-order valence-electron chi connectivity index (χ0n) is 17.5. The summed E-state index contributed by atoms with van der Waals surface area (Å²) in [4.78, 5) is 0. The Balaban J connectivity index is 1.05. The summed E-state index contributed by atoms with van der Waals surface area (Å²) in [6.07, 6.45) is 13.7. The summed E-state index contributed by atoms with van der Waals surface area (Å²) >= 11 is 0. The maximum atomic E-state index is 3.95. The Labute approximate surface area is 161 Å². The molecular weight excluding hydrogens is 316 g/mol. The predicted octanol–water partition coefficient (Wildman–Crippen LogP) is 4.84. The molecule has 0 heterocycles. The maximum absolute atomic E-state index is 3.95. The van der Waals surface area contributed by atoms with E-state index in [2.05, 4.69) is 31.4 Å². The van der Waals surface area contributed by atoms with Gasteiger partial charge in [0.2, 0.25) is 0 Å². The third-order valence-electron chi connectivity index (χ3n) is 10.2. The van der Waals surface area contributed by atoms with E-state index in [-0.39, 0.29) is 0 Å². The maximum Gasteiger partial charge on any atom is 0.00960 e. The van der Waals surface area contributed by atoms with Crippen LogP contribution in [-0.2, 0) is 0 Å². The number of rotatable bonds is 7. The highest BCUT2D eigenvalue weighted by Gasteiger charge is 2.54. The van der Waals surface area contributed by atoms with Gasteiger partial charge in [-0.15, -0.1) is 0 Å². The van der Waals surface area contributed by atoms with Gasteiger partial charge in [-0.05, 0) is 118 Å². The fraction of sp³-hybridized carbons (Fsp3) is 1.00. The Morgan fingerprint density at radius 3 is 2.12 bits per heavy atom. The van der Waals surface area contributed by atoms with E-state index >= 15 is 0 Å². The molecule has 0 aromatic rings. The monoisotopic (exact) mass is 358 g/mol. The van der Waals surface area contributed by atoms with Crippen molar-refractivity contribution in [3.63, 3.8) is 0 Å². The highest BCUT2D eigenvalue weighted by Crippen LogP contribution is 2.62. The number of hydrogen-bond acceptors (Lipinski definition) is 2. The summed E-state index contributed by atoms with van der Waals surface area (Å²) in [7, 11) is 0. The van der Waals surface area contributed by atoms with Crippen molar-refractivity contribution in [3.05, 3.63) is 0 Å². The normalized spacial score (nSPS) is 49.0. The van der Waals surface area contributed by atoms with E-state index in [1.54, 1.807) is 19.3 Å².